The summed E-state index contributed by atoms with van der Waals surface area (Å²) in [6.45, 7) is 8.58. The average Bonchev–Trinajstić information content (AvgIpc) is 2.96. The van der Waals surface area contributed by atoms with Gasteiger partial charge in [-0.2, -0.15) is 0 Å². The molecule has 0 aliphatic rings. The van der Waals surface area contributed by atoms with Crippen molar-refractivity contribution in [2.75, 3.05) is 0 Å². The smallest absolute Gasteiger partial charge is 0.0885 e. The minimum absolute atomic E-state index is 0.866. The van der Waals surface area contributed by atoms with Crippen molar-refractivity contribution in [3.8, 4) is 55.9 Å². The van der Waals surface area contributed by atoms with Gasteiger partial charge >= 0.3 is 0 Å². The molecule has 1 aromatic heterocycles. The Hall–Kier alpha value is -4.82. The molecule has 6 rings (SSSR count). The third-order valence-corrected chi connectivity index (χ3v) is 7.30. The van der Waals surface area contributed by atoms with E-state index in [1.54, 1.807) is 0 Å². The van der Waals surface area contributed by atoms with Gasteiger partial charge in [-0.3, -0.25) is 9.97 Å². The van der Waals surface area contributed by atoms with Crippen LogP contribution in [0.2, 0.25) is 0 Å². The molecule has 0 saturated heterocycles. The van der Waals surface area contributed by atoms with Crippen LogP contribution in [-0.4, -0.2) is 9.97 Å². The average molecular weight is 517 g/mol. The Kier molecular flexibility index (Phi) is 6.84. The first kappa shape index (κ1) is 25.5. The fourth-order valence-corrected chi connectivity index (χ4v) is 5.48. The normalized spacial score (nSPS) is 11.0. The zero-order chi connectivity index (χ0) is 27.6. The topological polar surface area (TPSA) is 25.8 Å². The molecule has 0 aliphatic heterocycles. The Morgan fingerprint density at radius 2 is 0.700 bits per heavy atom. The van der Waals surface area contributed by atoms with Gasteiger partial charge in [0.05, 0.1) is 23.8 Å². The van der Waals surface area contributed by atoms with Gasteiger partial charge in [0.1, 0.15) is 0 Å². The molecule has 2 nitrogen and oxygen atoms in total. The van der Waals surface area contributed by atoms with Gasteiger partial charge in [-0.05, 0) is 73.2 Å². The lowest BCUT2D eigenvalue weighted by atomic mass is 9.96. The van der Waals surface area contributed by atoms with Crippen LogP contribution in [0, 0.1) is 27.7 Å². The molecule has 0 saturated carbocycles. The van der Waals surface area contributed by atoms with Crippen LogP contribution < -0.4 is 0 Å². The molecule has 0 unspecified atom stereocenters. The van der Waals surface area contributed by atoms with Crippen molar-refractivity contribution < 1.29 is 0 Å². The number of hydrogen-bond donors (Lipinski definition) is 0. The van der Waals surface area contributed by atoms with E-state index in [4.69, 9.17) is 9.97 Å². The molecule has 5 aromatic carbocycles. The van der Waals surface area contributed by atoms with Crippen LogP contribution in [0.1, 0.15) is 22.3 Å². The van der Waals surface area contributed by atoms with Gasteiger partial charge in [0.15, 0.2) is 0 Å². The predicted molar refractivity (Wildman–Crippen MR) is 168 cm³/mol. The second-order valence-electron chi connectivity index (χ2n) is 10.8. The summed E-state index contributed by atoms with van der Waals surface area (Å²) in [5, 5.41) is 0. The number of rotatable bonds is 5. The van der Waals surface area contributed by atoms with E-state index >= 15 is 0 Å². The Labute approximate surface area is 237 Å². The first-order valence-electron chi connectivity index (χ1n) is 13.7. The SMILES string of the molecule is Cc1cc(C)cc(-c2cccc(-c3ccc(-c4cnc(-c5cccc(-c6cc(C)cc(C)c6)c5)cn4)cc3)c2)c1. The fourth-order valence-electron chi connectivity index (χ4n) is 5.48. The van der Waals surface area contributed by atoms with Gasteiger partial charge in [-0.25, -0.2) is 0 Å². The van der Waals surface area contributed by atoms with E-state index in [2.05, 4.69) is 137 Å². The van der Waals surface area contributed by atoms with Crippen molar-refractivity contribution in [1.82, 2.24) is 9.97 Å². The third kappa shape index (κ3) is 5.48. The Morgan fingerprint density at radius 1 is 0.325 bits per heavy atom. The second kappa shape index (κ2) is 10.7. The van der Waals surface area contributed by atoms with Gasteiger partial charge < -0.3 is 0 Å². The molecule has 0 spiro atoms. The van der Waals surface area contributed by atoms with Crippen LogP contribution in [0.5, 0.6) is 0 Å². The lowest BCUT2D eigenvalue weighted by Gasteiger charge is -2.09. The summed E-state index contributed by atoms with van der Waals surface area (Å²) in [5.74, 6) is 0. The van der Waals surface area contributed by atoms with Crippen molar-refractivity contribution in [1.29, 1.82) is 0 Å². The summed E-state index contributed by atoms with van der Waals surface area (Å²) in [6, 6.07) is 39.2. The van der Waals surface area contributed by atoms with E-state index in [1.807, 2.05) is 12.4 Å². The van der Waals surface area contributed by atoms with E-state index in [9.17, 15) is 0 Å². The summed E-state index contributed by atoms with van der Waals surface area (Å²) in [6.07, 6.45) is 3.74. The fraction of sp³-hybridized carbons (Fsp3) is 0.105. The van der Waals surface area contributed by atoms with Crippen LogP contribution in [-0.2, 0) is 0 Å². The van der Waals surface area contributed by atoms with Gasteiger partial charge in [-0.1, -0.05) is 119 Å². The summed E-state index contributed by atoms with van der Waals surface area (Å²) in [5.41, 5.74) is 16.2. The highest BCUT2D eigenvalue weighted by Crippen LogP contribution is 2.30. The highest BCUT2D eigenvalue weighted by molar-refractivity contribution is 5.76. The minimum Gasteiger partial charge on any atom is -0.252 e. The van der Waals surface area contributed by atoms with E-state index in [0.29, 0.717) is 0 Å². The molecule has 40 heavy (non-hydrogen) atoms. The second-order valence-corrected chi connectivity index (χ2v) is 10.8. The Balaban J connectivity index is 1.23. The van der Waals surface area contributed by atoms with Gasteiger partial charge in [0.2, 0.25) is 0 Å². The molecule has 0 bridgehead atoms. The first-order valence-corrected chi connectivity index (χ1v) is 13.7. The predicted octanol–water partition coefficient (Wildman–Crippen LogP) is 10.0. The number of benzene rings is 5. The summed E-state index contributed by atoms with van der Waals surface area (Å²) in [7, 11) is 0. The van der Waals surface area contributed by atoms with Crippen LogP contribution in [0.4, 0.5) is 0 Å². The zero-order valence-corrected chi connectivity index (χ0v) is 23.4. The van der Waals surface area contributed by atoms with Crippen LogP contribution in [0.3, 0.4) is 0 Å². The van der Waals surface area contributed by atoms with E-state index in [0.717, 1.165) is 22.5 Å². The minimum atomic E-state index is 0.866. The van der Waals surface area contributed by atoms with Crippen LogP contribution >= 0.6 is 0 Å². The maximum Gasteiger partial charge on any atom is 0.0885 e. The van der Waals surface area contributed by atoms with Crippen molar-refractivity contribution >= 4 is 0 Å². The lowest BCUT2D eigenvalue weighted by molar-refractivity contribution is 1.21. The largest absolute Gasteiger partial charge is 0.252 e. The Morgan fingerprint density at radius 3 is 1.18 bits per heavy atom. The molecule has 0 atom stereocenters. The highest BCUT2D eigenvalue weighted by atomic mass is 14.8. The van der Waals surface area contributed by atoms with Crippen molar-refractivity contribution in [3.05, 3.63) is 144 Å². The number of nitrogens with zero attached hydrogens (tertiary/aromatic N) is 2. The molecule has 1 heterocycles. The third-order valence-electron chi connectivity index (χ3n) is 7.30. The van der Waals surface area contributed by atoms with Crippen molar-refractivity contribution in [2.45, 2.75) is 27.7 Å². The monoisotopic (exact) mass is 516 g/mol. The van der Waals surface area contributed by atoms with E-state index in [1.165, 1.54) is 55.6 Å². The standard InChI is InChI=1S/C38H32N2/c1-25-15-26(2)18-35(17-25)32-8-5-7-31(21-32)29-11-13-30(14-12-29)37-23-40-38(24-39-37)34-10-6-9-33(22-34)36-19-27(3)16-28(4)20-36/h5-24H,1-4H3. The quantitative estimate of drug-likeness (QED) is 0.228. The van der Waals surface area contributed by atoms with Crippen LogP contribution in [0.25, 0.3) is 55.9 Å². The highest BCUT2D eigenvalue weighted by Gasteiger charge is 2.08. The molecule has 6 aromatic rings. The maximum absolute atomic E-state index is 4.77. The maximum atomic E-state index is 4.77. The molecular weight excluding hydrogens is 484 g/mol. The molecular formula is C38H32N2. The van der Waals surface area contributed by atoms with Gasteiger partial charge in [-0.15, -0.1) is 0 Å². The first-order chi connectivity index (χ1) is 19.4. The number of aryl methyl sites for hydroxylation is 4. The molecule has 2 heteroatoms. The molecule has 0 amide bonds. The molecule has 0 N–H and O–H groups in total. The van der Waals surface area contributed by atoms with Gasteiger partial charge in [0, 0.05) is 11.1 Å². The van der Waals surface area contributed by atoms with Crippen molar-refractivity contribution in [2.24, 2.45) is 0 Å². The van der Waals surface area contributed by atoms with E-state index < -0.39 is 0 Å². The summed E-state index contributed by atoms with van der Waals surface area (Å²) < 4.78 is 0. The Bertz CT molecular complexity index is 1640. The number of aromatic nitrogens is 2. The van der Waals surface area contributed by atoms with Gasteiger partial charge in [0.25, 0.3) is 0 Å². The molecule has 0 aliphatic carbocycles. The number of hydrogen-bond acceptors (Lipinski definition) is 2. The summed E-state index contributed by atoms with van der Waals surface area (Å²) in [4.78, 5) is 9.54. The summed E-state index contributed by atoms with van der Waals surface area (Å²) >= 11 is 0. The van der Waals surface area contributed by atoms with Crippen molar-refractivity contribution in [3.63, 3.8) is 0 Å². The van der Waals surface area contributed by atoms with E-state index in [-0.39, 0.29) is 0 Å². The molecule has 0 fully saturated rings. The zero-order valence-electron chi connectivity index (χ0n) is 23.4. The van der Waals surface area contributed by atoms with Crippen LogP contribution in [0.15, 0.2) is 122 Å². The lowest BCUT2D eigenvalue weighted by Crippen LogP contribution is -1.90. The molecule has 194 valence electrons. The molecule has 0 radical (unpaired) electrons.